The van der Waals surface area contributed by atoms with Crippen LogP contribution >= 0.6 is 0 Å². The first kappa shape index (κ1) is 20.3. The molecule has 0 amide bonds. The number of ether oxygens (including phenoxy) is 5. The topological polar surface area (TPSA) is 86.6 Å². The fourth-order valence-corrected chi connectivity index (χ4v) is 2.56. The summed E-state index contributed by atoms with van der Waals surface area (Å²) in [6, 6.07) is 9.25. The molecule has 0 aliphatic carbocycles. The molecule has 0 heterocycles. The second kappa shape index (κ2) is 10.2. The normalized spacial score (nSPS) is 13.4. The van der Waals surface area contributed by atoms with E-state index in [1.807, 2.05) is 24.3 Å². The van der Waals surface area contributed by atoms with Gasteiger partial charge in [-0.25, -0.2) is 0 Å². The second-order valence-corrected chi connectivity index (χ2v) is 5.79. The summed E-state index contributed by atoms with van der Waals surface area (Å²) >= 11 is 0. The van der Waals surface area contributed by atoms with Crippen LogP contribution in [0.1, 0.15) is 0 Å². The third kappa shape index (κ3) is 5.22. The quantitative estimate of drug-likeness (QED) is 0.625. The molecule has 0 saturated heterocycles. The van der Waals surface area contributed by atoms with Gasteiger partial charge in [-0.15, -0.1) is 0 Å². The van der Waals surface area contributed by atoms with Crippen LogP contribution in [0.4, 0.5) is 0 Å². The van der Waals surface area contributed by atoms with Crippen LogP contribution in [-0.4, -0.2) is 70.2 Å². The van der Waals surface area contributed by atoms with Crippen molar-refractivity contribution in [2.24, 2.45) is 0 Å². The number of aliphatic hydroxyl groups excluding tert-OH is 2. The number of rotatable bonds is 11. The molecule has 0 spiro atoms. The lowest BCUT2D eigenvalue weighted by atomic mass is 10.1. The van der Waals surface area contributed by atoms with E-state index < -0.39 is 12.2 Å². The van der Waals surface area contributed by atoms with Crippen LogP contribution in [0.3, 0.4) is 0 Å². The van der Waals surface area contributed by atoms with E-state index in [0.717, 1.165) is 10.8 Å². The SMILES string of the molecule is COCC(O)COc1cc(OC)c(OCC(O)COC)c2ccccc12. The third-order valence-corrected chi connectivity index (χ3v) is 3.71. The highest BCUT2D eigenvalue weighted by Crippen LogP contribution is 2.41. The Balaban J connectivity index is 2.30. The van der Waals surface area contributed by atoms with Gasteiger partial charge in [-0.2, -0.15) is 0 Å². The average molecular weight is 366 g/mol. The monoisotopic (exact) mass is 366 g/mol. The highest BCUT2D eigenvalue weighted by molar-refractivity contribution is 5.95. The van der Waals surface area contributed by atoms with Crippen molar-refractivity contribution in [1.82, 2.24) is 0 Å². The molecular weight excluding hydrogens is 340 g/mol. The fraction of sp³-hybridized carbons (Fsp3) is 0.474. The van der Waals surface area contributed by atoms with Gasteiger partial charge < -0.3 is 33.9 Å². The Kier molecular flexibility index (Phi) is 7.93. The summed E-state index contributed by atoms with van der Waals surface area (Å²) in [6.45, 7) is 0.529. The summed E-state index contributed by atoms with van der Waals surface area (Å²) in [5.74, 6) is 1.56. The Bertz CT molecular complexity index is 689. The van der Waals surface area contributed by atoms with E-state index in [4.69, 9.17) is 23.7 Å². The van der Waals surface area contributed by atoms with Gasteiger partial charge >= 0.3 is 0 Å². The Morgan fingerprint density at radius 1 is 0.769 bits per heavy atom. The Labute approximate surface area is 153 Å². The third-order valence-electron chi connectivity index (χ3n) is 3.71. The standard InChI is InChI=1S/C19H26O7/c1-22-9-13(20)11-25-17-8-18(24-3)19(26-12-14(21)10-23-2)16-7-5-4-6-15(16)17/h4-8,13-14,20-21H,9-12H2,1-3H3. The van der Waals surface area contributed by atoms with Gasteiger partial charge in [-0.1, -0.05) is 24.3 Å². The van der Waals surface area contributed by atoms with Gasteiger partial charge in [0.15, 0.2) is 11.5 Å². The van der Waals surface area contributed by atoms with Crippen molar-refractivity contribution in [1.29, 1.82) is 0 Å². The molecule has 0 aliphatic heterocycles. The minimum Gasteiger partial charge on any atom is -0.493 e. The molecule has 2 N–H and O–H groups in total. The molecule has 144 valence electrons. The first-order valence-electron chi connectivity index (χ1n) is 8.30. The van der Waals surface area contributed by atoms with Crippen molar-refractivity contribution in [3.8, 4) is 17.2 Å². The maximum absolute atomic E-state index is 9.84. The smallest absolute Gasteiger partial charge is 0.169 e. The van der Waals surface area contributed by atoms with Crippen molar-refractivity contribution in [3.63, 3.8) is 0 Å². The molecule has 2 rings (SSSR count). The first-order chi connectivity index (χ1) is 12.6. The second-order valence-electron chi connectivity index (χ2n) is 5.79. The van der Waals surface area contributed by atoms with Crippen LogP contribution in [0.5, 0.6) is 17.2 Å². The van der Waals surface area contributed by atoms with Crippen LogP contribution in [-0.2, 0) is 9.47 Å². The molecule has 2 unspecified atom stereocenters. The van der Waals surface area contributed by atoms with Crippen LogP contribution in [0.25, 0.3) is 10.8 Å². The molecule has 7 nitrogen and oxygen atoms in total. The zero-order valence-electron chi connectivity index (χ0n) is 15.3. The van der Waals surface area contributed by atoms with Gasteiger partial charge in [0.25, 0.3) is 0 Å². The van der Waals surface area contributed by atoms with E-state index in [1.54, 1.807) is 6.07 Å². The number of fused-ring (bicyclic) bond motifs is 1. The molecule has 2 aromatic carbocycles. The summed E-state index contributed by atoms with van der Waals surface area (Å²) in [5.41, 5.74) is 0. The maximum Gasteiger partial charge on any atom is 0.169 e. The molecule has 26 heavy (non-hydrogen) atoms. The summed E-state index contributed by atoms with van der Waals surface area (Å²) in [6.07, 6.45) is -1.48. The van der Waals surface area contributed by atoms with Gasteiger partial charge in [-0.3, -0.25) is 0 Å². The van der Waals surface area contributed by atoms with Gasteiger partial charge in [-0.05, 0) is 0 Å². The predicted molar refractivity (Wildman–Crippen MR) is 97.3 cm³/mol. The number of benzene rings is 2. The van der Waals surface area contributed by atoms with Gasteiger partial charge in [0.05, 0.1) is 20.3 Å². The van der Waals surface area contributed by atoms with E-state index in [9.17, 15) is 10.2 Å². The molecule has 2 atom stereocenters. The predicted octanol–water partition coefficient (Wildman–Crippen LogP) is 1.62. The van der Waals surface area contributed by atoms with Crippen LogP contribution in [0.2, 0.25) is 0 Å². The molecule has 0 aliphatic rings. The molecular formula is C19H26O7. The van der Waals surface area contributed by atoms with Crippen molar-refractivity contribution in [2.45, 2.75) is 12.2 Å². The number of methoxy groups -OCH3 is 3. The lowest BCUT2D eigenvalue weighted by Gasteiger charge is -2.19. The first-order valence-corrected chi connectivity index (χ1v) is 8.30. The van der Waals surface area contributed by atoms with Crippen molar-refractivity contribution < 1.29 is 33.9 Å². The lowest BCUT2D eigenvalue weighted by Crippen LogP contribution is -2.23. The van der Waals surface area contributed by atoms with E-state index >= 15 is 0 Å². The van der Waals surface area contributed by atoms with Crippen LogP contribution < -0.4 is 14.2 Å². The largest absolute Gasteiger partial charge is 0.493 e. The number of hydrogen-bond acceptors (Lipinski definition) is 7. The molecule has 7 heteroatoms. The van der Waals surface area contributed by atoms with Gasteiger partial charge in [0.1, 0.15) is 31.2 Å². The highest BCUT2D eigenvalue weighted by atomic mass is 16.5. The summed E-state index contributed by atoms with van der Waals surface area (Å²) in [5, 5.41) is 21.3. The Hall–Kier alpha value is -2.06. The molecule has 0 fully saturated rings. The molecule has 0 bridgehead atoms. The zero-order valence-corrected chi connectivity index (χ0v) is 15.3. The average Bonchev–Trinajstić information content (AvgIpc) is 2.65. The minimum atomic E-state index is -0.747. The zero-order chi connectivity index (χ0) is 18.9. The highest BCUT2D eigenvalue weighted by Gasteiger charge is 2.17. The summed E-state index contributed by atoms with van der Waals surface area (Å²) in [4.78, 5) is 0. The van der Waals surface area contributed by atoms with E-state index in [2.05, 4.69) is 0 Å². The van der Waals surface area contributed by atoms with Gasteiger partial charge in [0.2, 0.25) is 0 Å². The fourth-order valence-electron chi connectivity index (χ4n) is 2.56. The number of aliphatic hydroxyl groups is 2. The van der Waals surface area contributed by atoms with Crippen molar-refractivity contribution in [3.05, 3.63) is 30.3 Å². The van der Waals surface area contributed by atoms with E-state index in [1.165, 1.54) is 21.3 Å². The molecule has 0 radical (unpaired) electrons. The minimum absolute atomic E-state index is 0.0704. The molecule has 0 saturated carbocycles. The van der Waals surface area contributed by atoms with E-state index in [0.29, 0.717) is 17.2 Å². The van der Waals surface area contributed by atoms with Crippen molar-refractivity contribution in [2.75, 3.05) is 47.8 Å². The maximum atomic E-state index is 9.84. The van der Waals surface area contributed by atoms with E-state index in [-0.39, 0.29) is 26.4 Å². The van der Waals surface area contributed by atoms with Crippen LogP contribution in [0, 0.1) is 0 Å². The van der Waals surface area contributed by atoms with Crippen molar-refractivity contribution >= 4 is 10.8 Å². The van der Waals surface area contributed by atoms with Crippen LogP contribution in [0.15, 0.2) is 30.3 Å². The Morgan fingerprint density at radius 2 is 1.35 bits per heavy atom. The van der Waals surface area contributed by atoms with Gasteiger partial charge in [0, 0.05) is 31.1 Å². The molecule has 2 aromatic rings. The Morgan fingerprint density at radius 3 is 1.92 bits per heavy atom. The summed E-state index contributed by atoms with van der Waals surface area (Å²) < 4.78 is 26.8. The summed E-state index contributed by atoms with van der Waals surface area (Å²) in [7, 11) is 4.57. The lowest BCUT2D eigenvalue weighted by molar-refractivity contribution is 0.0316. The number of hydrogen-bond donors (Lipinski definition) is 2. The molecule has 0 aromatic heterocycles.